The fourth-order valence-corrected chi connectivity index (χ4v) is 3.29. The second kappa shape index (κ2) is 7.73. The molecule has 0 bridgehead atoms. The van der Waals surface area contributed by atoms with E-state index in [0.29, 0.717) is 17.3 Å². The lowest BCUT2D eigenvalue weighted by Gasteiger charge is -2.22. The van der Waals surface area contributed by atoms with E-state index in [4.69, 9.17) is 11.6 Å². The molecular weight excluding hydrogens is 324 g/mol. The number of aromatic nitrogens is 1. The van der Waals surface area contributed by atoms with E-state index in [1.807, 2.05) is 31.2 Å². The predicted molar refractivity (Wildman–Crippen MR) is 96.6 cm³/mol. The number of nitrogens with zero attached hydrogens (tertiary/aromatic N) is 2. The SMILES string of the molecule is Cc1cccc2cc(C=NNC(=O)C[NH+]3CCCCC3)c(Cl)nc12. The molecule has 2 heterocycles. The second-order valence-electron chi connectivity index (χ2n) is 6.30. The lowest BCUT2D eigenvalue weighted by molar-refractivity contribution is -0.896. The van der Waals surface area contributed by atoms with Gasteiger partial charge < -0.3 is 4.90 Å². The molecule has 0 atom stereocenters. The van der Waals surface area contributed by atoms with Crippen molar-refractivity contribution in [2.24, 2.45) is 5.10 Å². The Morgan fingerprint density at radius 3 is 2.96 bits per heavy atom. The van der Waals surface area contributed by atoms with Crippen molar-refractivity contribution in [3.05, 3.63) is 40.5 Å². The molecule has 24 heavy (non-hydrogen) atoms. The van der Waals surface area contributed by atoms with Gasteiger partial charge in [0.1, 0.15) is 5.15 Å². The van der Waals surface area contributed by atoms with Gasteiger partial charge in [-0.05, 0) is 37.8 Å². The predicted octanol–water partition coefficient (Wildman–Crippen LogP) is 1.72. The second-order valence-corrected chi connectivity index (χ2v) is 6.65. The summed E-state index contributed by atoms with van der Waals surface area (Å²) in [5, 5.41) is 5.42. The van der Waals surface area contributed by atoms with Crippen LogP contribution in [0, 0.1) is 6.92 Å². The van der Waals surface area contributed by atoms with Crippen LogP contribution in [0.15, 0.2) is 29.4 Å². The van der Waals surface area contributed by atoms with Crippen molar-refractivity contribution < 1.29 is 9.69 Å². The average molecular weight is 346 g/mol. The summed E-state index contributed by atoms with van der Waals surface area (Å²) in [7, 11) is 0. The van der Waals surface area contributed by atoms with Gasteiger partial charge in [0.2, 0.25) is 0 Å². The molecule has 1 saturated heterocycles. The van der Waals surface area contributed by atoms with Crippen LogP contribution in [0.4, 0.5) is 0 Å². The number of amides is 1. The highest BCUT2D eigenvalue weighted by Gasteiger charge is 2.16. The Kier molecular flexibility index (Phi) is 5.43. The smallest absolute Gasteiger partial charge is 0.295 e. The summed E-state index contributed by atoms with van der Waals surface area (Å²) in [5.74, 6) is -0.0659. The number of benzene rings is 1. The number of hydrogen-bond acceptors (Lipinski definition) is 3. The molecule has 3 rings (SSSR count). The number of carbonyl (C=O) groups is 1. The van der Waals surface area contributed by atoms with E-state index in [1.165, 1.54) is 24.2 Å². The minimum Gasteiger partial charge on any atom is -0.327 e. The van der Waals surface area contributed by atoms with E-state index >= 15 is 0 Å². The molecule has 1 aliphatic rings. The zero-order valence-electron chi connectivity index (χ0n) is 13.8. The molecule has 0 unspecified atom stereocenters. The van der Waals surface area contributed by atoms with Crippen LogP contribution < -0.4 is 10.3 Å². The monoisotopic (exact) mass is 345 g/mol. The highest BCUT2D eigenvalue weighted by molar-refractivity contribution is 6.32. The first-order chi connectivity index (χ1) is 11.6. The third-order valence-corrected chi connectivity index (χ3v) is 4.69. The van der Waals surface area contributed by atoms with Crippen LogP contribution in [0.5, 0.6) is 0 Å². The van der Waals surface area contributed by atoms with Crippen molar-refractivity contribution >= 4 is 34.6 Å². The number of rotatable bonds is 4. The number of likely N-dealkylation sites (tertiary alicyclic amines) is 1. The molecule has 1 aromatic heterocycles. The van der Waals surface area contributed by atoms with Gasteiger partial charge in [-0.15, -0.1) is 0 Å². The number of nitrogens with one attached hydrogen (secondary N) is 2. The third kappa shape index (κ3) is 4.10. The quantitative estimate of drug-likeness (QED) is 0.503. The third-order valence-electron chi connectivity index (χ3n) is 4.39. The molecule has 1 aliphatic heterocycles. The van der Waals surface area contributed by atoms with E-state index in [1.54, 1.807) is 6.21 Å². The van der Waals surface area contributed by atoms with Gasteiger partial charge in [-0.2, -0.15) is 5.10 Å². The van der Waals surface area contributed by atoms with Crippen molar-refractivity contribution in [1.82, 2.24) is 10.4 Å². The molecule has 5 nitrogen and oxygen atoms in total. The number of piperidine rings is 1. The fourth-order valence-electron chi connectivity index (χ4n) is 3.10. The summed E-state index contributed by atoms with van der Waals surface area (Å²) in [6.45, 7) is 4.61. The van der Waals surface area contributed by atoms with Gasteiger partial charge in [-0.3, -0.25) is 4.79 Å². The summed E-state index contributed by atoms with van der Waals surface area (Å²) in [4.78, 5) is 17.7. The number of quaternary nitrogens is 1. The van der Waals surface area contributed by atoms with E-state index in [2.05, 4.69) is 15.5 Å². The van der Waals surface area contributed by atoms with Crippen molar-refractivity contribution in [3.63, 3.8) is 0 Å². The first-order valence-corrected chi connectivity index (χ1v) is 8.72. The zero-order chi connectivity index (χ0) is 16.9. The molecule has 0 radical (unpaired) electrons. The van der Waals surface area contributed by atoms with Gasteiger partial charge in [0.05, 0.1) is 24.8 Å². The Hall–Kier alpha value is -1.98. The normalized spacial score (nSPS) is 15.9. The van der Waals surface area contributed by atoms with Crippen LogP contribution in [0.2, 0.25) is 5.15 Å². The summed E-state index contributed by atoms with van der Waals surface area (Å²) in [5.41, 5.74) is 5.25. The molecule has 1 fully saturated rings. The first-order valence-electron chi connectivity index (χ1n) is 8.35. The highest BCUT2D eigenvalue weighted by Crippen LogP contribution is 2.21. The molecule has 0 spiro atoms. The molecule has 0 aliphatic carbocycles. The lowest BCUT2D eigenvalue weighted by Crippen LogP contribution is -3.13. The molecule has 1 aromatic carbocycles. The average Bonchev–Trinajstić information content (AvgIpc) is 2.57. The Labute approximate surface area is 146 Å². The largest absolute Gasteiger partial charge is 0.327 e. The molecule has 126 valence electrons. The van der Waals surface area contributed by atoms with Crippen molar-refractivity contribution in [1.29, 1.82) is 0 Å². The van der Waals surface area contributed by atoms with Crippen LogP contribution in [0.1, 0.15) is 30.4 Å². The van der Waals surface area contributed by atoms with Gasteiger partial charge in [0, 0.05) is 10.9 Å². The Balaban J connectivity index is 1.64. The zero-order valence-corrected chi connectivity index (χ0v) is 14.6. The Morgan fingerprint density at radius 2 is 2.17 bits per heavy atom. The number of aryl methyl sites for hydroxylation is 1. The number of hydrogen-bond donors (Lipinski definition) is 2. The fraction of sp³-hybridized carbons (Fsp3) is 0.389. The van der Waals surface area contributed by atoms with E-state index in [9.17, 15) is 4.79 Å². The topological polar surface area (TPSA) is 58.8 Å². The molecule has 2 aromatic rings. The Morgan fingerprint density at radius 1 is 1.38 bits per heavy atom. The Bertz CT molecular complexity index is 769. The highest BCUT2D eigenvalue weighted by atomic mass is 35.5. The summed E-state index contributed by atoms with van der Waals surface area (Å²) in [6.07, 6.45) is 5.23. The number of hydrazone groups is 1. The summed E-state index contributed by atoms with van der Waals surface area (Å²) >= 11 is 6.23. The van der Waals surface area contributed by atoms with Crippen LogP contribution in [-0.4, -0.2) is 36.7 Å². The van der Waals surface area contributed by atoms with Crippen molar-refractivity contribution in [2.45, 2.75) is 26.2 Å². The van der Waals surface area contributed by atoms with E-state index < -0.39 is 0 Å². The minimum atomic E-state index is -0.0659. The van der Waals surface area contributed by atoms with Crippen LogP contribution >= 0.6 is 11.6 Å². The number of carbonyl (C=O) groups excluding carboxylic acids is 1. The number of halogens is 1. The number of para-hydroxylation sites is 1. The minimum absolute atomic E-state index is 0.0659. The molecule has 2 N–H and O–H groups in total. The molecule has 6 heteroatoms. The van der Waals surface area contributed by atoms with Crippen LogP contribution in [0.25, 0.3) is 10.9 Å². The van der Waals surface area contributed by atoms with Gasteiger partial charge in [-0.1, -0.05) is 29.8 Å². The summed E-state index contributed by atoms with van der Waals surface area (Å²) in [6, 6.07) is 7.91. The number of fused-ring (bicyclic) bond motifs is 1. The van der Waals surface area contributed by atoms with Crippen LogP contribution in [0.3, 0.4) is 0 Å². The van der Waals surface area contributed by atoms with Gasteiger partial charge in [0.25, 0.3) is 5.91 Å². The molecular formula is C18H22ClN4O+. The van der Waals surface area contributed by atoms with Gasteiger partial charge in [0.15, 0.2) is 6.54 Å². The van der Waals surface area contributed by atoms with Crippen molar-refractivity contribution in [2.75, 3.05) is 19.6 Å². The van der Waals surface area contributed by atoms with Gasteiger partial charge >= 0.3 is 0 Å². The van der Waals surface area contributed by atoms with Crippen LogP contribution in [-0.2, 0) is 4.79 Å². The van der Waals surface area contributed by atoms with E-state index in [-0.39, 0.29) is 5.91 Å². The maximum atomic E-state index is 11.9. The number of pyridine rings is 1. The standard InChI is InChI=1S/C18H21ClN4O/c1-13-6-5-7-14-10-15(18(19)21-17(13)14)11-20-22-16(24)12-23-8-3-2-4-9-23/h5-7,10-11H,2-4,8-9,12H2,1H3,(H,22,24)/p+1. The van der Waals surface area contributed by atoms with E-state index in [0.717, 1.165) is 29.6 Å². The van der Waals surface area contributed by atoms with Gasteiger partial charge in [-0.25, -0.2) is 10.4 Å². The van der Waals surface area contributed by atoms with Crippen molar-refractivity contribution in [3.8, 4) is 0 Å². The first kappa shape index (κ1) is 16.9. The molecule has 0 saturated carbocycles. The summed E-state index contributed by atoms with van der Waals surface area (Å²) < 4.78 is 0. The lowest BCUT2D eigenvalue weighted by atomic mass is 10.1. The maximum Gasteiger partial charge on any atom is 0.295 e. The maximum absolute atomic E-state index is 11.9. The molecule has 1 amide bonds.